The number of nitrogens with zero attached hydrogens (tertiary/aromatic N) is 1. The van der Waals surface area contributed by atoms with Crippen molar-refractivity contribution in [3.05, 3.63) is 42.1 Å². The SMILES string of the molecule is O=C(NC1CCS(=O)(=O)C1)c1ccc2ccccc2n1. The molecule has 20 heavy (non-hydrogen) atoms. The Bertz CT molecular complexity index is 771. The standard InChI is InChI=1S/C14H14N2O3S/c17-14(15-11-7-8-20(18,19)9-11)13-6-5-10-3-1-2-4-12(10)16-13/h1-6,11H,7-9H2,(H,15,17). The maximum absolute atomic E-state index is 12.1. The lowest BCUT2D eigenvalue weighted by Gasteiger charge is -2.10. The Balaban J connectivity index is 1.79. The molecule has 1 aliphatic heterocycles. The number of pyridine rings is 1. The smallest absolute Gasteiger partial charge is 0.270 e. The van der Waals surface area contributed by atoms with Gasteiger partial charge in [0.1, 0.15) is 5.69 Å². The number of amides is 1. The Morgan fingerprint density at radius 3 is 2.75 bits per heavy atom. The van der Waals surface area contributed by atoms with Gasteiger partial charge in [0.2, 0.25) is 0 Å². The summed E-state index contributed by atoms with van der Waals surface area (Å²) in [5.74, 6) is -0.159. The lowest BCUT2D eigenvalue weighted by Crippen LogP contribution is -2.36. The zero-order valence-corrected chi connectivity index (χ0v) is 11.6. The molecule has 0 aliphatic carbocycles. The predicted molar refractivity (Wildman–Crippen MR) is 76.3 cm³/mol. The number of rotatable bonds is 2. The average molecular weight is 290 g/mol. The number of aromatic nitrogens is 1. The van der Waals surface area contributed by atoms with Crippen LogP contribution in [0.15, 0.2) is 36.4 Å². The highest BCUT2D eigenvalue weighted by Crippen LogP contribution is 2.14. The van der Waals surface area contributed by atoms with Gasteiger partial charge in [0, 0.05) is 11.4 Å². The lowest BCUT2D eigenvalue weighted by molar-refractivity contribution is 0.0936. The zero-order valence-electron chi connectivity index (χ0n) is 10.7. The first kappa shape index (κ1) is 13.1. The van der Waals surface area contributed by atoms with Crippen molar-refractivity contribution in [2.45, 2.75) is 12.5 Å². The van der Waals surface area contributed by atoms with E-state index in [4.69, 9.17) is 0 Å². The van der Waals surface area contributed by atoms with Crippen LogP contribution in [0.25, 0.3) is 10.9 Å². The van der Waals surface area contributed by atoms with E-state index in [1.54, 1.807) is 6.07 Å². The molecule has 5 nitrogen and oxygen atoms in total. The van der Waals surface area contributed by atoms with E-state index in [2.05, 4.69) is 10.3 Å². The topological polar surface area (TPSA) is 76.1 Å². The van der Waals surface area contributed by atoms with Crippen molar-refractivity contribution < 1.29 is 13.2 Å². The lowest BCUT2D eigenvalue weighted by atomic mass is 10.2. The summed E-state index contributed by atoms with van der Waals surface area (Å²) in [5.41, 5.74) is 1.06. The first-order valence-electron chi connectivity index (χ1n) is 6.41. The molecular formula is C14H14N2O3S. The summed E-state index contributed by atoms with van der Waals surface area (Å²) < 4.78 is 22.7. The Morgan fingerprint density at radius 2 is 2.00 bits per heavy atom. The van der Waals surface area contributed by atoms with Gasteiger partial charge in [-0.2, -0.15) is 0 Å². The molecule has 0 bridgehead atoms. The van der Waals surface area contributed by atoms with E-state index >= 15 is 0 Å². The van der Waals surface area contributed by atoms with E-state index in [1.807, 2.05) is 30.3 Å². The van der Waals surface area contributed by atoms with Crippen LogP contribution in [-0.4, -0.2) is 36.9 Å². The minimum Gasteiger partial charge on any atom is -0.347 e. The normalized spacial score (nSPS) is 20.9. The minimum atomic E-state index is -2.99. The maximum atomic E-state index is 12.1. The van der Waals surface area contributed by atoms with Gasteiger partial charge in [-0.05, 0) is 18.6 Å². The van der Waals surface area contributed by atoms with Gasteiger partial charge in [-0.25, -0.2) is 13.4 Å². The van der Waals surface area contributed by atoms with Crippen molar-refractivity contribution in [2.75, 3.05) is 11.5 Å². The number of hydrogen-bond acceptors (Lipinski definition) is 4. The van der Waals surface area contributed by atoms with Gasteiger partial charge < -0.3 is 5.32 Å². The molecule has 3 rings (SSSR count). The fraction of sp³-hybridized carbons (Fsp3) is 0.286. The molecular weight excluding hydrogens is 276 g/mol. The van der Waals surface area contributed by atoms with Crippen molar-refractivity contribution in [3.63, 3.8) is 0 Å². The van der Waals surface area contributed by atoms with Gasteiger partial charge in [0.15, 0.2) is 9.84 Å². The highest BCUT2D eigenvalue weighted by molar-refractivity contribution is 7.91. The van der Waals surface area contributed by atoms with Crippen LogP contribution in [-0.2, 0) is 9.84 Å². The number of para-hydroxylation sites is 1. The fourth-order valence-corrected chi connectivity index (χ4v) is 4.03. The van der Waals surface area contributed by atoms with Crippen LogP contribution >= 0.6 is 0 Å². The maximum Gasteiger partial charge on any atom is 0.270 e. The molecule has 1 unspecified atom stereocenters. The molecule has 1 aromatic carbocycles. The third-order valence-corrected chi connectivity index (χ3v) is 5.17. The number of carbonyl (C=O) groups excluding carboxylic acids is 1. The summed E-state index contributed by atoms with van der Waals surface area (Å²) in [4.78, 5) is 16.4. The second-order valence-electron chi connectivity index (χ2n) is 4.96. The summed E-state index contributed by atoms with van der Waals surface area (Å²) in [6.45, 7) is 0. The summed E-state index contributed by atoms with van der Waals surface area (Å²) in [7, 11) is -2.99. The minimum absolute atomic E-state index is 0.0202. The highest BCUT2D eigenvalue weighted by Gasteiger charge is 2.29. The Morgan fingerprint density at radius 1 is 1.20 bits per heavy atom. The second kappa shape index (κ2) is 4.86. The molecule has 2 aromatic rings. The molecule has 1 saturated heterocycles. The van der Waals surface area contributed by atoms with Crippen LogP contribution in [0, 0.1) is 0 Å². The number of carbonyl (C=O) groups is 1. The molecule has 1 N–H and O–H groups in total. The van der Waals surface area contributed by atoms with Crippen LogP contribution in [0.4, 0.5) is 0 Å². The van der Waals surface area contributed by atoms with Crippen molar-refractivity contribution in [1.29, 1.82) is 0 Å². The average Bonchev–Trinajstić information content (AvgIpc) is 2.77. The van der Waals surface area contributed by atoms with Crippen LogP contribution in [0.2, 0.25) is 0 Å². The fourth-order valence-electron chi connectivity index (χ4n) is 2.36. The number of fused-ring (bicyclic) bond motifs is 1. The van der Waals surface area contributed by atoms with Crippen molar-refractivity contribution in [3.8, 4) is 0 Å². The molecule has 2 heterocycles. The number of benzene rings is 1. The van der Waals surface area contributed by atoms with Crippen LogP contribution < -0.4 is 5.32 Å². The van der Waals surface area contributed by atoms with Crippen LogP contribution in [0.3, 0.4) is 0 Å². The predicted octanol–water partition coefficient (Wildman–Crippen LogP) is 1.15. The quantitative estimate of drug-likeness (QED) is 0.900. The summed E-state index contributed by atoms with van der Waals surface area (Å²) in [5, 5.41) is 3.70. The van der Waals surface area contributed by atoms with E-state index < -0.39 is 9.84 Å². The van der Waals surface area contributed by atoms with E-state index in [0.717, 1.165) is 10.9 Å². The molecule has 1 atom stereocenters. The largest absolute Gasteiger partial charge is 0.347 e. The molecule has 104 valence electrons. The van der Waals surface area contributed by atoms with Crippen LogP contribution in [0.1, 0.15) is 16.9 Å². The Hall–Kier alpha value is -1.95. The first-order valence-corrected chi connectivity index (χ1v) is 8.23. The van der Waals surface area contributed by atoms with Gasteiger partial charge in [-0.3, -0.25) is 4.79 Å². The molecule has 1 amide bonds. The number of nitrogens with one attached hydrogen (secondary N) is 1. The summed E-state index contributed by atoms with van der Waals surface area (Å²) >= 11 is 0. The van der Waals surface area contributed by atoms with Gasteiger partial charge >= 0.3 is 0 Å². The van der Waals surface area contributed by atoms with E-state index in [-0.39, 0.29) is 23.5 Å². The van der Waals surface area contributed by atoms with Gasteiger partial charge in [-0.1, -0.05) is 24.3 Å². The van der Waals surface area contributed by atoms with Crippen molar-refractivity contribution >= 4 is 26.6 Å². The van der Waals surface area contributed by atoms with E-state index in [0.29, 0.717) is 12.1 Å². The number of sulfone groups is 1. The third kappa shape index (κ3) is 2.65. The molecule has 1 fully saturated rings. The Labute approximate surface area is 116 Å². The van der Waals surface area contributed by atoms with E-state index in [1.165, 1.54) is 0 Å². The second-order valence-corrected chi connectivity index (χ2v) is 7.19. The Kier molecular flexibility index (Phi) is 3.17. The molecule has 6 heteroatoms. The monoisotopic (exact) mass is 290 g/mol. The first-order chi connectivity index (χ1) is 9.53. The molecule has 0 saturated carbocycles. The number of hydrogen-bond donors (Lipinski definition) is 1. The summed E-state index contributed by atoms with van der Waals surface area (Å²) in [6.07, 6.45) is 0.474. The van der Waals surface area contributed by atoms with Crippen LogP contribution in [0.5, 0.6) is 0 Å². The van der Waals surface area contributed by atoms with E-state index in [9.17, 15) is 13.2 Å². The highest BCUT2D eigenvalue weighted by atomic mass is 32.2. The van der Waals surface area contributed by atoms with Gasteiger partial charge in [0.25, 0.3) is 5.91 Å². The molecule has 1 aliphatic rings. The third-order valence-electron chi connectivity index (χ3n) is 3.40. The molecule has 0 radical (unpaired) electrons. The van der Waals surface area contributed by atoms with Crippen molar-refractivity contribution in [2.24, 2.45) is 0 Å². The van der Waals surface area contributed by atoms with Crippen molar-refractivity contribution in [1.82, 2.24) is 10.3 Å². The zero-order chi connectivity index (χ0) is 14.2. The molecule has 1 aromatic heterocycles. The molecule has 0 spiro atoms. The van der Waals surface area contributed by atoms with Gasteiger partial charge in [-0.15, -0.1) is 0 Å². The summed E-state index contributed by atoms with van der Waals surface area (Å²) in [6, 6.07) is 10.7. The van der Waals surface area contributed by atoms with Gasteiger partial charge in [0.05, 0.1) is 17.0 Å².